The van der Waals surface area contributed by atoms with Crippen molar-refractivity contribution in [2.24, 2.45) is 0 Å². The number of aryl methyl sites for hydroxylation is 4. The molecule has 2 heterocycles. The van der Waals surface area contributed by atoms with Crippen molar-refractivity contribution < 1.29 is 12.8 Å². The standard InChI is InChI=1S/C17H20N4O3S/c1-5-13-8-6-7-9-14(13)21-25(22,23)16-11(3)18-10(2)15(16)17-20-19-12(4)24-17/h6-9,18,21H,5H2,1-4H3. The van der Waals surface area contributed by atoms with Crippen LogP contribution in [-0.2, 0) is 16.4 Å². The van der Waals surface area contributed by atoms with Gasteiger partial charge in [-0.15, -0.1) is 10.2 Å². The highest BCUT2D eigenvalue weighted by Crippen LogP contribution is 2.34. The molecule has 3 aromatic rings. The van der Waals surface area contributed by atoms with Crippen LogP contribution >= 0.6 is 0 Å². The number of rotatable bonds is 5. The Bertz CT molecular complexity index is 1020. The first-order valence-electron chi connectivity index (χ1n) is 7.94. The Morgan fingerprint density at radius 2 is 1.84 bits per heavy atom. The minimum atomic E-state index is -3.83. The average Bonchev–Trinajstić information content (AvgIpc) is 3.10. The summed E-state index contributed by atoms with van der Waals surface area (Å²) in [4.78, 5) is 3.18. The Morgan fingerprint density at radius 1 is 1.12 bits per heavy atom. The van der Waals surface area contributed by atoms with Gasteiger partial charge in [0.05, 0.1) is 11.3 Å². The van der Waals surface area contributed by atoms with Crippen molar-refractivity contribution >= 4 is 15.7 Å². The maximum Gasteiger partial charge on any atom is 0.264 e. The van der Waals surface area contributed by atoms with Crippen LogP contribution in [0, 0.1) is 20.8 Å². The molecule has 0 fully saturated rings. The van der Waals surface area contributed by atoms with E-state index in [-0.39, 0.29) is 10.8 Å². The Hall–Kier alpha value is -2.61. The predicted octanol–water partition coefficient (Wildman–Crippen LogP) is 3.35. The first kappa shape index (κ1) is 17.2. The van der Waals surface area contributed by atoms with Gasteiger partial charge in [-0.05, 0) is 31.9 Å². The first-order chi connectivity index (χ1) is 11.8. The van der Waals surface area contributed by atoms with Crippen LogP contribution in [0.4, 0.5) is 5.69 Å². The smallest absolute Gasteiger partial charge is 0.264 e. The minimum Gasteiger partial charge on any atom is -0.421 e. The van der Waals surface area contributed by atoms with Gasteiger partial charge in [0.15, 0.2) is 0 Å². The zero-order valence-electron chi connectivity index (χ0n) is 14.5. The second-order valence-electron chi connectivity index (χ2n) is 5.82. The van der Waals surface area contributed by atoms with E-state index in [1.54, 1.807) is 32.9 Å². The highest BCUT2D eigenvalue weighted by atomic mass is 32.2. The highest BCUT2D eigenvalue weighted by Gasteiger charge is 2.29. The number of nitrogens with zero attached hydrogens (tertiary/aromatic N) is 2. The molecule has 2 N–H and O–H groups in total. The molecule has 0 atom stereocenters. The molecule has 0 saturated carbocycles. The number of hydrogen-bond donors (Lipinski definition) is 2. The van der Waals surface area contributed by atoms with Gasteiger partial charge in [0.1, 0.15) is 4.90 Å². The lowest BCUT2D eigenvalue weighted by Crippen LogP contribution is -2.15. The SMILES string of the molecule is CCc1ccccc1NS(=O)(=O)c1c(C)[nH]c(C)c1-c1nnc(C)o1. The number of para-hydroxylation sites is 1. The Kier molecular flexibility index (Phi) is 4.38. The second-order valence-corrected chi connectivity index (χ2v) is 7.44. The molecule has 3 rings (SSSR count). The third-order valence-electron chi connectivity index (χ3n) is 3.97. The topological polar surface area (TPSA) is 101 Å². The minimum absolute atomic E-state index is 0.125. The molecule has 0 unspecified atom stereocenters. The number of aromatic amines is 1. The number of sulfonamides is 1. The van der Waals surface area contributed by atoms with Crippen molar-refractivity contribution in [2.45, 2.75) is 39.0 Å². The van der Waals surface area contributed by atoms with Gasteiger partial charge in [-0.2, -0.15) is 0 Å². The fourth-order valence-electron chi connectivity index (χ4n) is 2.87. The summed E-state index contributed by atoms with van der Waals surface area (Å²) in [5.74, 6) is 0.560. The van der Waals surface area contributed by atoms with Crippen molar-refractivity contribution in [3.63, 3.8) is 0 Å². The van der Waals surface area contributed by atoms with Crippen molar-refractivity contribution in [3.05, 3.63) is 47.1 Å². The van der Waals surface area contributed by atoms with E-state index in [1.807, 2.05) is 19.1 Å². The maximum absolute atomic E-state index is 13.1. The number of H-pyrrole nitrogens is 1. The summed E-state index contributed by atoms with van der Waals surface area (Å²) in [5.41, 5.74) is 3.07. The normalized spacial score (nSPS) is 11.7. The molecule has 0 bridgehead atoms. The predicted molar refractivity (Wildman–Crippen MR) is 94.9 cm³/mol. The van der Waals surface area contributed by atoms with Gasteiger partial charge in [0, 0.05) is 18.3 Å². The van der Waals surface area contributed by atoms with Gasteiger partial charge in [-0.25, -0.2) is 8.42 Å². The summed E-state index contributed by atoms with van der Waals surface area (Å²) in [6, 6.07) is 7.33. The molecular formula is C17H20N4O3S. The zero-order chi connectivity index (χ0) is 18.2. The average molecular weight is 360 g/mol. The lowest BCUT2D eigenvalue weighted by Gasteiger charge is -2.12. The van der Waals surface area contributed by atoms with Crippen LogP contribution < -0.4 is 4.72 Å². The molecule has 0 aliphatic heterocycles. The fraction of sp³-hybridized carbons (Fsp3) is 0.294. The van der Waals surface area contributed by atoms with E-state index >= 15 is 0 Å². The molecule has 0 spiro atoms. The summed E-state index contributed by atoms with van der Waals surface area (Å²) in [6.07, 6.45) is 0.722. The number of aromatic nitrogens is 3. The lowest BCUT2D eigenvalue weighted by atomic mass is 10.1. The van der Waals surface area contributed by atoms with E-state index in [1.165, 1.54) is 0 Å². The van der Waals surface area contributed by atoms with Crippen LogP contribution in [0.15, 0.2) is 33.6 Å². The first-order valence-corrected chi connectivity index (χ1v) is 9.42. The summed E-state index contributed by atoms with van der Waals surface area (Å²) in [5, 5.41) is 7.78. The van der Waals surface area contributed by atoms with Gasteiger partial charge in [-0.3, -0.25) is 4.72 Å². The largest absolute Gasteiger partial charge is 0.421 e. The van der Waals surface area contributed by atoms with E-state index in [0.717, 1.165) is 12.0 Å². The molecule has 0 saturated heterocycles. The molecule has 2 aromatic heterocycles. The molecule has 0 aliphatic rings. The van der Waals surface area contributed by atoms with E-state index < -0.39 is 10.0 Å². The van der Waals surface area contributed by atoms with Crippen LogP contribution in [0.1, 0.15) is 29.8 Å². The van der Waals surface area contributed by atoms with Crippen LogP contribution in [0.3, 0.4) is 0 Å². The van der Waals surface area contributed by atoms with E-state index in [2.05, 4.69) is 19.9 Å². The number of benzene rings is 1. The number of nitrogens with one attached hydrogen (secondary N) is 2. The molecule has 8 heteroatoms. The van der Waals surface area contributed by atoms with Crippen molar-refractivity contribution in [3.8, 4) is 11.5 Å². The third-order valence-corrected chi connectivity index (χ3v) is 5.51. The Balaban J connectivity index is 2.12. The highest BCUT2D eigenvalue weighted by molar-refractivity contribution is 7.93. The number of hydrogen-bond acceptors (Lipinski definition) is 5. The second kappa shape index (κ2) is 6.36. The van der Waals surface area contributed by atoms with Crippen LogP contribution in [0.5, 0.6) is 0 Å². The molecular weight excluding hydrogens is 340 g/mol. The quantitative estimate of drug-likeness (QED) is 0.726. The molecule has 132 valence electrons. The van der Waals surface area contributed by atoms with Crippen LogP contribution in [-0.4, -0.2) is 23.6 Å². The van der Waals surface area contributed by atoms with Gasteiger partial charge >= 0.3 is 0 Å². The van der Waals surface area contributed by atoms with Crippen molar-refractivity contribution in [1.82, 2.24) is 15.2 Å². The number of anilines is 1. The molecule has 0 aliphatic carbocycles. The monoisotopic (exact) mass is 360 g/mol. The summed E-state index contributed by atoms with van der Waals surface area (Å²) in [6.45, 7) is 7.13. The van der Waals surface area contributed by atoms with Gasteiger partial charge in [0.2, 0.25) is 5.89 Å². The zero-order valence-corrected chi connectivity index (χ0v) is 15.4. The van der Waals surface area contributed by atoms with E-state index in [4.69, 9.17) is 4.42 Å². The van der Waals surface area contributed by atoms with Gasteiger partial charge in [0.25, 0.3) is 15.9 Å². The summed E-state index contributed by atoms with van der Waals surface area (Å²) in [7, 11) is -3.83. The molecule has 0 amide bonds. The summed E-state index contributed by atoms with van der Waals surface area (Å²) >= 11 is 0. The Morgan fingerprint density at radius 3 is 2.48 bits per heavy atom. The molecule has 0 radical (unpaired) electrons. The van der Waals surface area contributed by atoms with Crippen molar-refractivity contribution in [1.29, 1.82) is 0 Å². The van der Waals surface area contributed by atoms with Gasteiger partial charge in [-0.1, -0.05) is 25.1 Å². The summed E-state index contributed by atoms with van der Waals surface area (Å²) < 4.78 is 34.3. The lowest BCUT2D eigenvalue weighted by molar-refractivity contribution is 0.531. The molecule has 25 heavy (non-hydrogen) atoms. The van der Waals surface area contributed by atoms with E-state index in [9.17, 15) is 8.42 Å². The van der Waals surface area contributed by atoms with Crippen molar-refractivity contribution in [2.75, 3.05) is 4.72 Å². The molecule has 1 aromatic carbocycles. The van der Waals surface area contributed by atoms with Crippen LogP contribution in [0.25, 0.3) is 11.5 Å². The molecule has 7 nitrogen and oxygen atoms in total. The van der Waals surface area contributed by atoms with Crippen LogP contribution in [0.2, 0.25) is 0 Å². The van der Waals surface area contributed by atoms with Gasteiger partial charge < -0.3 is 9.40 Å². The maximum atomic E-state index is 13.1. The fourth-order valence-corrected chi connectivity index (χ4v) is 4.43. The Labute approximate surface area is 146 Å². The third kappa shape index (κ3) is 3.17. The van der Waals surface area contributed by atoms with E-state index in [0.29, 0.717) is 28.5 Å².